The largest absolute Gasteiger partial charge is 0.316 e. The Labute approximate surface area is 113 Å². The van der Waals surface area contributed by atoms with Crippen LogP contribution < -0.4 is 5.32 Å². The van der Waals surface area contributed by atoms with E-state index >= 15 is 0 Å². The van der Waals surface area contributed by atoms with Crippen LogP contribution in [0, 0.1) is 0 Å². The maximum absolute atomic E-state index is 12.7. The van der Waals surface area contributed by atoms with Gasteiger partial charge in [0.25, 0.3) is 0 Å². The molecule has 0 radical (unpaired) electrons. The van der Waals surface area contributed by atoms with Gasteiger partial charge in [0.05, 0.1) is 16.0 Å². The summed E-state index contributed by atoms with van der Waals surface area (Å²) in [5.41, 5.74) is 0. The third kappa shape index (κ3) is 3.42. The lowest BCUT2D eigenvalue weighted by Crippen LogP contribution is -2.41. The molecule has 0 saturated heterocycles. The smallest absolute Gasteiger partial charge is 0.0576 e. The van der Waals surface area contributed by atoms with Gasteiger partial charge in [-0.2, -0.15) is 0 Å². The van der Waals surface area contributed by atoms with Gasteiger partial charge in [0, 0.05) is 10.9 Å². The van der Waals surface area contributed by atoms with E-state index in [-0.39, 0.29) is 5.25 Å². The summed E-state index contributed by atoms with van der Waals surface area (Å²) >= 11 is 0. The predicted molar refractivity (Wildman–Crippen MR) is 77.2 cm³/mol. The van der Waals surface area contributed by atoms with E-state index in [0.717, 1.165) is 17.7 Å². The minimum Gasteiger partial charge on any atom is -0.316 e. The molecule has 0 bridgehead atoms. The van der Waals surface area contributed by atoms with E-state index in [1.807, 2.05) is 37.4 Å². The molecule has 1 aromatic carbocycles. The van der Waals surface area contributed by atoms with Crippen LogP contribution in [0.1, 0.15) is 38.5 Å². The van der Waals surface area contributed by atoms with Crippen LogP contribution in [0.25, 0.3) is 0 Å². The van der Waals surface area contributed by atoms with Crippen molar-refractivity contribution in [2.75, 3.05) is 7.05 Å². The summed E-state index contributed by atoms with van der Waals surface area (Å²) in [5.74, 6) is 0. The molecule has 1 aromatic rings. The third-order valence-corrected chi connectivity index (χ3v) is 5.67. The molecule has 2 nitrogen and oxygen atoms in total. The second-order valence-corrected chi connectivity index (χ2v) is 6.71. The summed E-state index contributed by atoms with van der Waals surface area (Å²) < 4.78 is 12.7. The summed E-state index contributed by atoms with van der Waals surface area (Å²) in [7, 11) is 1.12. The van der Waals surface area contributed by atoms with Crippen LogP contribution in [0.15, 0.2) is 35.2 Å². The third-order valence-electron chi connectivity index (χ3n) is 3.82. The van der Waals surface area contributed by atoms with Crippen molar-refractivity contribution >= 4 is 10.8 Å². The molecule has 0 heterocycles. The molecule has 0 aliphatic heterocycles. The first kappa shape index (κ1) is 13.8. The second-order valence-electron chi connectivity index (χ2n) is 5.04. The van der Waals surface area contributed by atoms with E-state index in [1.54, 1.807) is 0 Å². The average molecular weight is 265 g/mol. The Morgan fingerprint density at radius 1 is 1.06 bits per heavy atom. The van der Waals surface area contributed by atoms with Gasteiger partial charge in [0.15, 0.2) is 0 Å². The summed E-state index contributed by atoms with van der Waals surface area (Å²) in [6.07, 6.45) is 7.31. The lowest BCUT2D eigenvalue weighted by molar-refractivity contribution is 0.414. The van der Waals surface area contributed by atoms with Crippen molar-refractivity contribution < 1.29 is 4.21 Å². The molecule has 1 saturated carbocycles. The summed E-state index contributed by atoms with van der Waals surface area (Å²) in [5, 5.41) is 3.64. The number of benzene rings is 1. The normalized spacial score (nSPS) is 27.2. The summed E-state index contributed by atoms with van der Waals surface area (Å²) in [6.45, 7) is 0. The minimum absolute atomic E-state index is 0.262. The molecule has 18 heavy (non-hydrogen) atoms. The highest BCUT2D eigenvalue weighted by molar-refractivity contribution is 7.85. The Morgan fingerprint density at radius 3 is 2.39 bits per heavy atom. The van der Waals surface area contributed by atoms with Crippen molar-refractivity contribution in [3.8, 4) is 0 Å². The number of hydrogen-bond acceptors (Lipinski definition) is 2. The molecule has 0 spiro atoms. The quantitative estimate of drug-likeness (QED) is 0.910. The standard InChI is InChI=1S/C15H23NOS/c1-16-14-11-7-2-3-8-12-15(14)18(17)13-9-5-4-6-10-13/h4-6,9-10,14-16H,2-3,7-8,11-12H2,1H3. The lowest BCUT2D eigenvalue weighted by Gasteiger charge is -2.28. The molecule has 1 aliphatic rings. The number of nitrogens with one attached hydrogen (secondary N) is 1. The molecular weight excluding hydrogens is 242 g/mol. The van der Waals surface area contributed by atoms with Gasteiger partial charge in [-0.05, 0) is 32.0 Å². The van der Waals surface area contributed by atoms with Crippen molar-refractivity contribution in [2.45, 2.75) is 54.7 Å². The van der Waals surface area contributed by atoms with E-state index in [0.29, 0.717) is 6.04 Å². The van der Waals surface area contributed by atoms with Crippen molar-refractivity contribution in [3.05, 3.63) is 30.3 Å². The Kier molecular flexibility index (Phi) is 5.39. The van der Waals surface area contributed by atoms with Gasteiger partial charge in [-0.1, -0.05) is 43.9 Å². The van der Waals surface area contributed by atoms with Gasteiger partial charge in [-0.15, -0.1) is 0 Å². The van der Waals surface area contributed by atoms with Crippen LogP contribution in [0.2, 0.25) is 0 Å². The monoisotopic (exact) mass is 265 g/mol. The first-order chi connectivity index (χ1) is 8.83. The topological polar surface area (TPSA) is 29.1 Å². The van der Waals surface area contributed by atoms with Crippen LogP contribution >= 0.6 is 0 Å². The second kappa shape index (κ2) is 7.05. The zero-order chi connectivity index (χ0) is 12.8. The maximum atomic E-state index is 12.7. The van der Waals surface area contributed by atoms with Crippen LogP contribution in [0.4, 0.5) is 0 Å². The molecule has 100 valence electrons. The van der Waals surface area contributed by atoms with Crippen LogP contribution in [0.5, 0.6) is 0 Å². The van der Waals surface area contributed by atoms with E-state index in [4.69, 9.17) is 0 Å². The maximum Gasteiger partial charge on any atom is 0.0576 e. The molecular formula is C15H23NOS. The molecule has 3 heteroatoms. The van der Waals surface area contributed by atoms with Crippen molar-refractivity contribution in [2.24, 2.45) is 0 Å². The summed E-state index contributed by atoms with van der Waals surface area (Å²) in [6, 6.07) is 10.3. The van der Waals surface area contributed by atoms with Gasteiger partial charge in [-0.3, -0.25) is 4.21 Å². The fourth-order valence-electron chi connectivity index (χ4n) is 2.77. The Morgan fingerprint density at radius 2 is 1.72 bits per heavy atom. The highest BCUT2D eigenvalue weighted by Crippen LogP contribution is 2.24. The van der Waals surface area contributed by atoms with Gasteiger partial charge >= 0.3 is 0 Å². The number of rotatable bonds is 3. The Hall–Kier alpha value is -0.670. The van der Waals surface area contributed by atoms with Crippen LogP contribution in [0.3, 0.4) is 0 Å². The van der Waals surface area contributed by atoms with Gasteiger partial charge in [0.1, 0.15) is 0 Å². The first-order valence-corrected chi connectivity index (χ1v) is 8.17. The van der Waals surface area contributed by atoms with Crippen molar-refractivity contribution in [1.29, 1.82) is 0 Å². The SMILES string of the molecule is CNC1CCCCCCC1S(=O)c1ccccc1. The van der Waals surface area contributed by atoms with Crippen molar-refractivity contribution in [1.82, 2.24) is 5.32 Å². The van der Waals surface area contributed by atoms with E-state index in [9.17, 15) is 4.21 Å². The molecule has 0 aromatic heterocycles. The van der Waals surface area contributed by atoms with E-state index in [1.165, 1.54) is 25.7 Å². The highest BCUT2D eigenvalue weighted by atomic mass is 32.2. The fourth-order valence-corrected chi connectivity index (χ4v) is 4.49. The molecule has 1 aliphatic carbocycles. The van der Waals surface area contributed by atoms with E-state index in [2.05, 4.69) is 5.32 Å². The zero-order valence-corrected chi connectivity index (χ0v) is 11.9. The molecule has 2 rings (SSSR count). The highest BCUT2D eigenvalue weighted by Gasteiger charge is 2.27. The average Bonchev–Trinajstić information content (AvgIpc) is 2.39. The predicted octanol–water partition coefficient (Wildman–Crippen LogP) is 3.11. The lowest BCUT2D eigenvalue weighted by atomic mass is 9.96. The summed E-state index contributed by atoms with van der Waals surface area (Å²) in [4.78, 5) is 0.975. The molecule has 3 unspecified atom stereocenters. The van der Waals surface area contributed by atoms with Crippen LogP contribution in [-0.2, 0) is 10.8 Å². The fraction of sp³-hybridized carbons (Fsp3) is 0.600. The Balaban J connectivity index is 2.14. The van der Waals surface area contributed by atoms with Gasteiger partial charge in [-0.25, -0.2) is 0 Å². The minimum atomic E-state index is -0.881. The molecule has 0 amide bonds. The Bertz CT molecular complexity index is 379. The molecule has 1 fully saturated rings. The number of hydrogen-bond donors (Lipinski definition) is 1. The molecule has 3 atom stereocenters. The van der Waals surface area contributed by atoms with Gasteiger partial charge < -0.3 is 5.32 Å². The van der Waals surface area contributed by atoms with E-state index < -0.39 is 10.8 Å². The van der Waals surface area contributed by atoms with Crippen molar-refractivity contribution in [3.63, 3.8) is 0 Å². The zero-order valence-electron chi connectivity index (χ0n) is 11.1. The first-order valence-electron chi connectivity index (χ1n) is 6.96. The van der Waals surface area contributed by atoms with Crippen LogP contribution in [-0.4, -0.2) is 22.5 Å². The van der Waals surface area contributed by atoms with Gasteiger partial charge in [0.2, 0.25) is 0 Å². The molecule has 1 N–H and O–H groups in total.